The number of anilines is 1. The number of hydrogen-bond donors (Lipinski definition) is 1. The van der Waals surface area contributed by atoms with Crippen LogP contribution in [0.5, 0.6) is 5.88 Å². The Morgan fingerprint density at radius 3 is 2.94 bits per heavy atom. The highest BCUT2D eigenvalue weighted by Gasteiger charge is 2.04. The second-order valence-corrected chi connectivity index (χ2v) is 3.46. The van der Waals surface area contributed by atoms with E-state index < -0.39 is 0 Å². The first-order valence-electron chi connectivity index (χ1n) is 5.64. The van der Waals surface area contributed by atoms with E-state index in [2.05, 4.69) is 21.9 Å². The molecule has 0 aliphatic heterocycles. The summed E-state index contributed by atoms with van der Waals surface area (Å²) >= 11 is 0. The van der Waals surface area contributed by atoms with Crippen molar-refractivity contribution < 1.29 is 9.47 Å². The molecule has 5 nitrogen and oxygen atoms in total. The van der Waals surface area contributed by atoms with Gasteiger partial charge in [-0.2, -0.15) is 4.98 Å². The lowest BCUT2D eigenvalue weighted by Gasteiger charge is -2.09. The maximum Gasteiger partial charge on any atom is 0.218 e. The zero-order chi connectivity index (χ0) is 12.5. The molecule has 1 N–H and O–H groups in total. The number of nitrogens with one attached hydrogen (secondary N) is 1. The molecule has 5 heteroatoms. The molecule has 0 saturated heterocycles. The van der Waals surface area contributed by atoms with Crippen LogP contribution < -0.4 is 10.1 Å². The van der Waals surface area contributed by atoms with Gasteiger partial charge in [0.25, 0.3) is 0 Å². The minimum atomic E-state index is 0.367. The fourth-order valence-electron chi connectivity index (χ4n) is 1.21. The van der Waals surface area contributed by atoms with Gasteiger partial charge in [0.1, 0.15) is 12.4 Å². The van der Waals surface area contributed by atoms with Gasteiger partial charge in [-0.1, -0.05) is 13.0 Å². The van der Waals surface area contributed by atoms with Gasteiger partial charge in [-0.15, -0.1) is 6.58 Å². The van der Waals surface area contributed by atoms with Crippen LogP contribution in [0.1, 0.15) is 19.2 Å². The monoisotopic (exact) mass is 237 g/mol. The van der Waals surface area contributed by atoms with E-state index in [1.54, 1.807) is 19.3 Å². The Morgan fingerprint density at radius 2 is 2.29 bits per heavy atom. The van der Waals surface area contributed by atoms with Gasteiger partial charge in [0, 0.05) is 19.7 Å². The van der Waals surface area contributed by atoms with Crippen molar-refractivity contribution in [1.82, 2.24) is 9.97 Å². The topological polar surface area (TPSA) is 56.3 Å². The first kappa shape index (κ1) is 13.4. The Balaban J connectivity index is 2.79. The van der Waals surface area contributed by atoms with Crippen LogP contribution in [0.3, 0.4) is 0 Å². The fourth-order valence-corrected chi connectivity index (χ4v) is 1.21. The van der Waals surface area contributed by atoms with Gasteiger partial charge in [-0.25, -0.2) is 4.98 Å². The lowest BCUT2D eigenvalue weighted by Crippen LogP contribution is -2.07. The van der Waals surface area contributed by atoms with E-state index in [4.69, 9.17) is 9.47 Å². The highest BCUT2D eigenvalue weighted by Crippen LogP contribution is 2.14. The van der Waals surface area contributed by atoms with Crippen molar-refractivity contribution in [2.45, 2.75) is 20.0 Å². The molecule has 1 aromatic rings. The summed E-state index contributed by atoms with van der Waals surface area (Å²) in [5.74, 6) is 1.89. The number of ether oxygens (including phenoxy) is 2. The van der Waals surface area contributed by atoms with Crippen LogP contribution >= 0.6 is 0 Å². The molecule has 0 atom stereocenters. The highest BCUT2D eigenvalue weighted by atomic mass is 16.5. The van der Waals surface area contributed by atoms with Crippen LogP contribution in [0.15, 0.2) is 18.7 Å². The van der Waals surface area contributed by atoms with Crippen molar-refractivity contribution >= 4 is 5.82 Å². The van der Waals surface area contributed by atoms with Gasteiger partial charge in [-0.05, 0) is 6.42 Å². The molecule has 0 bridgehead atoms. The zero-order valence-corrected chi connectivity index (χ0v) is 10.4. The van der Waals surface area contributed by atoms with E-state index in [1.165, 1.54) is 0 Å². The van der Waals surface area contributed by atoms with Crippen LogP contribution in [-0.4, -0.2) is 30.2 Å². The summed E-state index contributed by atoms with van der Waals surface area (Å²) in [6, 6.07) is 1.78. The van der Waals surface area contributed by atoms with E-state index in [1.807, 2.05) is 6.92 Å². The van der Waals surface area contributed by atoms with Crippen LogP contribution in [0, 0.1) is 0 Å². The summed E-state index contributed by atoms with van der Waals surface area (Å²) in [6.07, 6.45) is 2.71. The van der Waals surface area contributed by atoms with Gasteiger partial charge >= 0.3 is 0 Å². The van der Waals surface area contributed by atoms with E-state index in [0.717, 1.165) is 12.2 Å². The standard InChI is InChI=1S/C12H19N3O2/c1-4-6-13-10-8-12(17-7-5-2)15-11(14-10)9-16-3/h4,8H,1,5-7,9H2,2-3H3,(H,13,14,15). The summed E-state index contributed by atoms with van der Waals surface area (Å²) < 4.78 is 10.5. The summed E-state index contributed by atoms with van der Waals surface area (Å²) in [5.41, 5.74) is 0. The molecule has 0 radical (unpaired) electrons. The first-order chi connectivity index (χ1) is 8.30. The zero-order valence-electron chi connectivity index (χ0n) is 10.4. The molecular weight excluding hydrogens is 218 g/mol. The molecule has 0 unspecified atom stereocenters. The van der Waals surface area contributed by atoms with E-state index in [9.17, 15) is 0 Å². The molecule has 1 rings (SSSR count). The van der Waals surface area contributed by atoms with Crippen LogP contribution in [0.2, 0.25) is 0 Å². The molecular formula is C12H19N3O2. The van der Waals surface area contributed by atoms with Gasteiger partial charge in [0.15, 0.2) is 5.82 Å². The third-order valence-corrected chi connectivity index (χ3v) is 1.90. The number of methoxy groups -OCH3 is 1. The van der Waals surface area contributed by atoms with E-state index >= 15 is 0 Å². The predicted molar refractivity (Wildman–Crippen MR) is 67.2 cm³/mol. The lowest BCUT2D eigenvalue weighted by atomic mass is 10.4. The number of aromatic nitrogens is 2. The van der Waals surface area contributed by atoms with Gasteiger partial charge in [0.2, 0.25) is 5.88 Å². The predicted octanol–water partition coefficient (Wildman–Crippen LogP) is 2.01. The largest absolute Gasteiger partial charge is 0.478 e. The average molecular weight is 237 g/mol. The third-order valence-electron chi connectivity index (χ3n) is 1.90. The first-order valence-corrected chi connectivity index (χ1v) is 5.64. The van der Waals surface area contributed by atoms with Crippen LogP contribution in [0.25, 0.3) is 0 Å². The van der Waals surface area contributed by atoms with Crippen molar-refractivity contribution in [1.29, 1.82) is 0 Å². The number of nitrogens with zero attached hydrogens (tertiary/aromatic N) is 2. The minimum Gasteiger partial charge on any atom is -0.478 e. The van der Waals surface area contributed by atoms with Crippen molar-refractivity contribution in [3.8, 4) is 5.88 Å². The van der Waals surface area contributed by atoms with Crippen molar-refractivity contribution in [2.75, 3.05) is 25.6 Å². The Morgan fingerprint density at radius 1 is 1.47 bits per heavy atom. The van der Waals surface area contributed by atoms with Crippen LogP contribution in [-0.2, 0) is 11.3 Å². The van der Waals surface area contributed by atoms with Crippen molar-refractivity contribution in [3.63, 3.8) is 0 Å². The summed E-state index contributed by atoms with van der Waals surface area (Å²) in [6.45, 7) is 7.35. The molecule has 0 aliphatic rings. The third kappa shape index (κ3) is 4.82. The summed E-state index contributed by atoms with van der Waals surface area (Å²) in [5, 5.41) is 3.11. The molecule has 0 saturated carbocycles. The number of hydrogen-bond acceptors (Lipinski definition) is 5. The molecule has 1 heterocycles. The molecule has 0 fully saturated rings. The Labute approximate surface area is 102 Å². The molecule has 0 amide bonds. The SMILES string of the molecule is C=CCNc1cc(OCCC)nc(COC)n1. The lowest BCUT2D eigenvalue weighted by molar-refractivity contribution is 0.176. The normalized spacial score (nSPS) is 10.0. The van der Waals surface area contributed by atoms with Crippen LogP contribution in [0.4, 0.5) is 5.82 Å². The summed E-state index contributed by atoms with van der Waals surface area (Å²) in [7, 11) is 1.61. The van der Waals surface area contributed by atoms with E-state index in [0.29, 0.717) is 31.5 Å². The molecule has 0 spiro atoms. The maximum absolute atomic E-state index is 5.49. The second-order valence-electron chi connectivity index (χ2n) is 3.46. The smallest absolute Gasteiger partial charge is 0.218 e. The average Bonchev–Trinajstić information content (AvgIpc) is 2.34. The minimum absolute atomic E-state index is 0.367. The molecule has 1 aromatic heterocycles. The van der Waals surface area contributed by atoms with E-state index in [-0.39, 0.29) is 0 Å². The Bertz CT molecular complexity index is 356. The quantitative estimate of drug-likeness (QED) is 0.701. The highest BCUT2D eigenvalue weighted by molar-refractivity contribution is 5.38. The Hall–Kier alpha value is -1.62. The second kappa shape index (κ2) is 7.62. The Kier molecular flexibility index (Phi) is 6.03. The van der Waals surface area contributed by atoms with Gasteiger partial charge < -0.3 is 14.8 Å². The maximum atomic E-state index is 5.49. The summed E-state index contributed by atoms with van der Waals surface area (Å²) in [4.78, 5) is 8.54. The van der Waals surface area contributed by atoms with Crippen molar-refractivity contribution in [3.05, 3.63) is 24.5 Å². The van der Waals surface area contributed by atoms with Gasteiger partial charge in [0.05, 0.1) is 6.61 Å². The van der Waals surface area contributed by atoms with Crippen molar-refractivity contribution in [2.24, 2.45) is 0 Å². The van der Waals surface area contributed by atoms with Gasteiger partial charge in [-0.3, -0.25) is 0 Å². The molecule has 17 heavy (non-hydrogen) atoms. The molecule has 0 aromatic carbocycles. The molecule has 94 valence electrons. The fraction of sp³-hybridized carbons (Fsp3) is 0.500. The molecule has 0 aliphatic carbocycles. The number of rotatable bonds is 8.